The Morgan fingerprint density at radius 2 is 2.04 bits per heavy atom. The second kappa shape index (κ2) is 7.20. The zero-order valence-electron chi connectivity index (χ0n) is 13.0. The number of nitrogens with one attached hydrogen (secondary N) is 1. The second-order valence-electron chi connectivity index (χ2n) is 5.53. The maximum atomic E-state index is 12.6. The highest BCUT2D eigenvalue weighted by Gasteiger charge is 2.21. The van der Waals surface area contributed by atoms with Gasteiger partial charge in [-0.05, 0) is 49.6 Å². The largest absolute Gasteiger partial charge is 0.312 e. The maximum absolute atomic E-state index is 12.6. The molecular weight excluding hydrogens is 324 g/mol. The number of rotatable bonds is 3. The van der Waals surface area contributed by atoms with E-state index in [-0.39, 0.29) is 5.91 Å². The van der Waals surface area contributed by atoms with Gasteiger partial charge in [-0.1, -0.05) is 18.6 Å². The topological polar surface area (TPSA) is 52.9 Å². The van der Waals surface area contributed by atoms with E-state index in [9.17, 15) is 10.1 Å². The van der Waals surface area contributed by atoms with Crippen LogP contribution in [-0.2, 0) is 12.8 Å². The lowest BCUT2D eigenvalue weighted by Gasteiger charge is -2.07. The summed E-state index contributed by atoms with van der Waals surface area (Å²) in [6.07, 6.45) is 7.44. The van der Waals surface area contributed by atoms with Gasteiger partial charge in [0, 0.05) is 9.77 Å². The van der Waals surface area contributed by atoms with E-state index in [0.29, 0.717) is 16.1 Å². The number of fused-ring (bicyclic) bond motifs is 1. The standard InChI is InChI=1S/C18H18N2OS2/c1-22-15-9-6-5-8-13(15)17(21)20-18-14(11-19)12-7-3-2-4-10-16(12)23-18/h5-6,8-9H,2-4,7,10H2,1H3,(H,20,21). The molecule has 0 saturated carbocycles. The van der Waals surface area contributed by atoms with Crippen LogP contribution in [0.25, 0.3) is 0 Å². The van der Waals surface area contributed by atoms with Crippen molar-refractivity contribution in [1.82, 2.24) is 0 Å². The van der Waals surface area contributed by atoms with E-state index >= 15 is 0 Å². The lowest BCUT2D eigenvalue weighted by Crippen LogP contribution is -2.12. The molecule has 23 heavy (non-hydrogen) atoms. The van der Waals surface area contributed by atoms with Gasteiger partial charge in [0.05, 0.1) is 11.1 Å². The summed E-state index contributed by atoms with van der Waals surface area (Å²) in [5, 5.41) is 13.2. The highest BCUT2D eigenvalue weighted by molar-refractivity contribution is 7.98. The third-order valence-corrected chi connectivity index (χ3v) is 6.11. The summed E-state index contributed by atoms with van der Waals surface area (Å²) >= 11 is 3.13. The number of carbonyl (C=O) groups is 1. The van der Waals surface area contributed by atoms with Crippen molar-refractivity contribution in [2.75, 3.05) is 11.6 Å². The molecule has 0 bridgehead atoms. The highest BCUT2D eigenvalue weighted by Crippen LogP contribution is 2.37. The summed E-state index contributed by atoms with van der Waals surface area (Å²) in [4.78, 5) is 14.8. The first-order valence-electron chi connectivity index (χ1n) is 7.73. The van der Waals surface area contributed by atoms with Crippen LogP contribution in [0.5, 0.6) is 0 Å². The van der Waals surface area contributed by atoms with Gasteiger partial charge in [-0.3, -0.25) is 4.79 Å². The molecule has 1 amide bonds. The summed E-state index contributed by atoms with van der Waals surface area (Å²) in [5.41, 5.74) is 2.48. The first-order valence-corrected chi connectivity index (χ1v) is 9.77. The minimum Gasteiger partial charge on any atom is -0.312 e. The van der Waals surface area contributed by atoms with Crippen LogP contribution in [0.3, 0.4) is 0 Å². The first kappa shape index (κ1) is 16.1. The number of hydrogen-bond acceptors (Lipinski definition) is 4. The summed E-state index contributed by atoms with van der Waals surface area (Å²) in [6, 6.07) is 9.86. The van der Waals surface area contributed by atoms with Gasteiger partial charge in [-0.2, -0.15) is 5.26 Å². The molecule has 1 aromatic heterocycles. The summed E-state index contributed by atoms with van der Waals surface area (Å²) < 4.78 is 0. The SMILES string of the molecule is CSc1ccccc1C(=O)Nc1sc2c(c1C#N)CCCCC2. The van der Waals surface area contributed by atoms with E-state index in [2.05, 4.69) is 11.4 Å². The van der Waals surface area contributed by atoms with Crippen molar-refractivity contribution in [3.05, 3.63) is 45.8 Å². The monoisotopic (exact) mass is 342 g/mol. The number of anilines is 1. The van der Waals surface area contributed by atoms with Gasteiger partial charge in [-0.15, -0.1) is 23.1 Å². The highest BCUT2D eigenvalue weighted by atomic mass is 32.2. The Hall–Kier alpha value is -1.77. The molecule has 0 atom stereocenters. The molecule has 1 aromatic carbocycles. The van der Waals surface area contributed by atoms with E-state index in [1.54, 1.807) is 23.1 Å². The Morgan fingerprint density at radius 3 is 2.83 bits per heavy atom. The van der Waals surface area contributed by atoms with Gasteiger partial charge in [0.25, 0.3) is 5.91 Å². The number of amides is 1. The summed E-state index contributed by atoms with van der Waals surface area (Å²) in [6.45, 7) is 0. The molecule has 1 heterocycles. The molecule has 0 unspecified atom stereocenters. The van der Waals surface area contributed by atoms with E-state index in [1.807, 2.05) is 30.5 Å². The van der Waals surface area contributed by atoms with Gasteiger partial charge >= 0.3 is 0 Å². The normalized spacial score (nSPS) is 13.7. The molecule has 1 N–H and O–H groups in total. The Morgan fingerprint density at radius 1 is 1.26 bits per heavy atom. The molecule has 3 rings (SSSR count). The van der Waals surface area contributed by atoms with Crippen LogP contribution in [0.1, 0.15) is 45.6 Å². The van der Waals surface area contributed by atoms with Crippen molar-refractivity contribution in [2.24, 2.45) is 0 Å². The van der Waals surface area contributed by atoms with Crippen LogP contribution >= 0.6 is 23.1 Å². The molecule has 2 aromatic rings. The van der Waals surface area contributed by atoms with Gasteiger partial charge in [0.15, 0.2) is 0 Å². The average Bonchev–Trinajstić information content (AvgIpc) is 2.74. The molecule has 0 spiro atoms. The third-order valence-electron chi connectivity index (χ3n) is 4.11. The smallest absolute Gasteiger partial charge is 0.257 e. The van der Waals surface area contributed by atoms with Crippen molar-refractivity contribution in [2.45, 2.75) is 37.0 Å². The van der Waals surface area contributed by atoms with E-state index in [0.717, 1.165) is 29.7 Å². The third kappa shape index (κ3) is 3.29. The van der Waals surface area contributed by atoms with Crippen molar-refractivity contribution in [3.8, 4) is 6.07 Å². The quantitative estimate of drug-likeness (QED) is 0.640. The van der Waals surface area contributed by atoms with E-state index in [1.165, 1.54) is 17.7 Å². The fourth-order valence-electron chi connectivity index (χ4n) is 2.95. The van der Waals surface area contributed by atoms with Crippen LogP contribution in [0.2, 0.25) is 0 Å². The summed E-state index contributed by atoms with van der Waals surface area (Å²) in [7, 11) is 0. The molecule has 1 aliphatic carbocycles. The van der Waals surface area contributed by atoms with E-state index < -0.39 is 0 Å². The van der Waals surface area contributed by atoms with Gasteiger partial charge in [0.2, 0.25) is 0 Å². The Labute approximate surface area is 144 Å². The van der Waals surface area contributed by atoms with Crippen LogP contribution in [0.4, 0.5) is 5.00 Å². The van der Waals surface area contributed by atoms with Gasteiger partial charge < -0.3 is 5.32 Å². The number of carbonyl (C=O) groups excluding carboxylic acids is 1. The van der Waals surface area contributed by atoms with Crippen LogP contribution in [0, 0.1) is 11.3 Å². The van der Waals surface area contributed by atoms with Crippen molar-refractivity contribution in [1.29, 1.82) is 5.26 Å². The number of nitrogens with zero attached hydrogens (tertiary/aromatic N) is 1. The number of aryl methyl sites for hydroxylation is 1. The minimum absolute atomic E-state index is 0.136. The van der Waals surface area contributed by atoms with Crippen molar-refractivity contribution >= 4 is 34.0 Å². The lowest BCUT2D eigenvalue weighted by molar-refractivity contribution is 0.102. The number of thiophene rings is 1. The summed E-state index contributed by atoms with van der Waals surface area (Å²) in [5.74, 6) is -0.136. The second-order valence-corrected chi connectivity index (χ2v) is 7.49. The molecule has 1 aliphatic rings. The molecule has 3 nitrogen and oxygen atoms in total. The predicted octanol–water partition coefficient (Wildman–Crippen LogP) is 4.86. The molecule has 0 saturated heterocycles. The molecule has 5 heteroatoms. The van der Waals surface area contributed by atoms with Crippen molar-refractivity contribution in [3.63, 3.8) is 0 Å². The molecular formula is C18H18N2OS2. The fourth-order valence-corrected chi connectivity index (χ4v) is 4.78. The molecule has 0 fully saturated rings. The number of benzene rings is 1. The minimum atomic E-state index is -0.136. The fraction of sp³-hybridized carbons (Fsp3) is 0.333. The average molecular weight is 342 g/mol. The lowest BCUT2D eigenvalue weighted by atomic mass is 10.1. The van der Waals surface area contributed by atoms with Crippen molar-refractivity contribution < 1.29 is 4.79 Å². The predicted molar refractivity (Wildman–Crippen MR) is 96.5 cm³/mol. The number of hydrogen-bond donors (Lipinski definition) is 1. The maximum Gasteiger partial charge on any atom is 0.257 e. The van der Waals surface area contributed by atoms with Crippen LogP contribution < -0.4 is 5.32 Å². The zero-order chi connectivity index (χ0) is 16.2. The zero-order valence-corrected chi connectivity index (χ0v) is 14.6. The van der Waals surface area contributed by atoms with Crippen LogP contribution in [0.15, 0.2) is 29.2 Å². The number of thioether (sulfide) groups is 1. The molecule has 0 radical (unpaired) electrons. The number of nitriles is 1. The van der Waals surface area contributed by atoms with Crippen LogP contribution in [-0.4, -0.2) is 12.2 Å². The Bertz CT molecular complexity index is 774. The molecule has 0 aliphatic heterocycles. The Kier molecular flexibility index (Phi) is 5.04. The first-order chi connectivity index (χ1) is 11.2. The Balaban J connectivity index is 1.91. The molecule has 118 valence electrons. The van der Waals surface area contributed by atoms with Gasteiger partial charge in [0.1, 0.15) is 11.1 Å². The van der Waals surface area contributed by atoms with Gasteiger partial charge in [-0.25, -0.2) is 0 Å². The van der Waals surface area contributed by atoms with E-state index in [4.69, 9.17) is 0 Å².